The molecule has 1 aromatic rings. The normalized spacial score (nSPS) is 13.2. The minimum atomic E-state index is 0.339. The molecule has 0 spiro atoms. The maximum absolute atomic E-state index is 5.61. The van der Waals surface area contributed by atoms with E-state index in [1.54, 1.807) is 11.8 Å². The van der Waals surface area contributed by atoms with E-state index in [0.717, 1.165) is 16.2 Å². The summed E-state index contributed by atoms with van der Waals surface area (Å²) in [6.07, 6.45) is 2.07. The molecule has 4 heteroatoms. The lowest BCUT2D eigenvalue weighted by Gasteiger charge is -2.08. The van der Waals surface area contributed by atoms with Crippen LogP contribution in [0, 0.1) is 0 Å². The lowest BCUT2D eigenvalue weighted by Crippen LogP contribution is -2.13. The second kappa shape index (κ2) is 4.94. The van der Waals surface area contributed by atoms with Crippen LogP contribution in [0.5, 0.6) is 0 Å². The summed E-state index contributed by atoms with van der Waals surface area (Å²) < 4.78 is 6.19. The van der Waals surface area contributed by atoms with Crippen LogP contribution in [0.2, 0.25) is 0 Å². The second-order valence-corrected chi connectivity index (χ2v) is 4.22. The average Bonchev–Trinajstić information content (AvgIpc) is 2.47. The van der Waals surface area contributed by atoms with E-state index >= 15 is 0 Å². The molecule has 68 valence electrons. The van der Waals surface area contributed by atoms with Gasteiger partial charge in [0.05, 0.1) is 0 Å². The standard InChI is InChI=1S/C8H12BrNOS/c1-12-5-6(4-10)7-2-3-8(9)11-7/h2-3,6H,4-5,10H2,1H3. The monoisotopic (exact) mass is 249 g/mol. The summed E-state index contributed by atoms with van der Waals surface area (Å²) in [5.74, 6) is 2.32. The Labute approximate surface area is 85.0 Å². The van der Waals surface area contributed by atoms with Gasteiger partial charge in [-0.05, 0) is 34.3 Å². The van der Waals surface area contributed by atoms with Crippen molar-refractivity contribution >= 4 is 27.7 Å². The molecule has 0 amide bonds. The zero-order valence-corrected chi connectivity index (χ0v) is 9.32. The van der Waals surface area contributed by atoms with Crippen molar-refractivity contribution in [3.8, 4) is 0 Å². The van der Waals surface area contributed by atoms with E-state index in [1.165, 1.54) is 0 Å². The highest BCUT2D eigenvalue weighted by atomic mass is 79.9. The summed E-state index contributed by atoms with van der Waals surface area (Å²) in [5, 5.41) is 0. The van der Waals surface area contributed by atoms with E-state index in [-0.39, 0.29) is 0 Å². The zero-order chi connectivity index (χ0) is 8.97. The summed E-state index contributed by atoms with van der Waals surface area (Å²) in [4.78, 5) is 0. The maximum atomic E-state index is 5.61. The Morgan fingerprint density at radius 2 is 2.42 bits per heavy atom. The van der Waals surface area contributed by atoms with Gasteiger partial charge in [0.2, 0.25) is 0 Å². The van der Waals surface area contributed by atoms with Crippen LogP contribution in [-0.4, -0.2) is 18.6 Å². The van der Waals surface area contributed by atoms with Crippen LogP contribution in [0.15, 0.2) is 21.2 Å². The zero-order valence-electron chi connectivity index (χ0n) is 6.92. The fraction of sp³-hybridized carbons (Fsp3) is 0.500. The molecule has 1 aromatic heterocycles. The number of thioether (sulfide) groups is 1. The first-order chi connectivity index (χ1) is 5.77. The first-order valence-electron chi connectivity index (χ1n) is 3.72. The van der Waals surface area contributed by atoms with Crippen LogP contribution in [0.25, 0.3) is 0 Å². The van der Waals surface area contributed by atoms with Gasteiger partial charge in [0.1, 0.15) is 5.76 Å². The third kappa shape index (κ3) is 2.54. The van der Waals surface area contributed by atoms with E-state index in [9.17, 15) is 0 Å². The average molecular weight is 250 g/mol. The van der Waals surface area contributed by atoms with Crippen LogP contribution < -0.4 is 5.73 Å². The smallest absolute Gasteiger partial charge is 0.169 e. The number of furan rings is 1. The van der Waals surface area contributed by atoms with Crippen LogP contribution in [0.4, 0.5) is 0 Å². The van der Waals surface area contributed by atoms with Gasteiger partial charge in [-0.3, -0.25) is 0 Å². The Morgan fingerprint density at radius 1 is 1.67 bits per heavy atom. The van der Waals surface area contributed by atoms with Crippen LogP contribution in [0.3, 0.4) is 0 Å². The van der Waals surface area contributed by atoms with Crippen molar-refractivity contribution in [3.05, 3.63) is 22.6 Å². The van der Waals surface area contributed by atoms with Gasteiger partial charge in [-0.1, -0.05) is 0 Å². The van der Waals surface area contributed by atoms with E-state index in [4.69, 9.17) is 10.2 Å². The second-order valence-electron chi connectivity index (χ2n) is 2.53. The summed E-state index contributed by atoms with van der Waals surface area (Å²) in [5.41, 5.74) is 5.61. The molecule has 0 aromatic carbocycles. The minimum Gasteiger partial charge on any atom is -0.454 e. The predicted molar refractivity (Wildman–Crippen MR) is 56.6 cm³/mol. The third-order valence-corrected chi connectivity index (χ3v) is 2.81. The molecule has 0 radical (unpaired) electrons. The van der Waals surface area contributed by atoms with Gasteiger partial charge in [0, 0.05) is 18.2 Å². The van der Waals surface area contributed by atoms with Crippen molar-refractivity contribution in [2.45, 2.75) is 5.92 Å². The number of nitrogens with two attached hydrogens (primary N) is 1. The molecule has 0 aliphatic carbocycles. The third-order valence-electron chi connectivity index (χ3n) is 1.65. The highest BCUT2D eigenvalue weighted by molar-refractivity contribution is 9.10. The van der Waals surface area contributed by atoms with Crippen molar-refractivity contribution in [3.63, 3.8) is 0 Å². The maximum Gasteiger partial charge on any atom is 0.169 e. The first-order valence-corrected chi connectivity index (χ1v) is 5.91. The molecule has 0 bridgehead atoms. The van der Waals surface area contributed by atoms with Gasteiger partial charge < -0.3 is 10.2 Å². The molecular weight excluding hydrogens is 238 g/mol. The number of hydrogen-bond acceptors (Lipinski definition) is 3. The lowest BCUT2D eigenvalue weighted by atomic mass is 10.1. The summed E-state index contributed by atoms with van der Waals surface area (Å²) in [7, 11) is 0. The molecule has 0 saturated heterocycles. The van der Waals surface area contributed by atoms with Gasteiger partial charge in [0.25, 0.3) is 0 Å². The van der Waals surface area contributed by atoms with Gasteiger partial charge >= 0.3 is 0 Å². The van der Waals surface area contributed by atoms with Gasteiger partial charge in [0.15, 0.2) is 4.67 Å². The molecule has 12 heavy (non-hydrogen) atoms. The molecule has 2 nitrogen and oxygen atoms in total. The fourth-order valence-electron chi connectivity index (χ4n) is 1.02. The first kappa shape index (κ1) is 10.2. The predicted octanol–water partition coefficient (Wildman–Crippen LogP) is 2.45. The van der Waals surface area contributed by atoms with E-state index < -0.39 is 0 Å². The Hall–Kier alpha value is 0.0700. The molecule has 0 aliphatic rings. The number of hydrogen-bond donors (Lipinski definition) is 1. The van der Waals surface area contributed by atoms with Crippen molar-refractivity contribution in [1.82, 2.24) is 0 Å². The molecule has 2 N–H and O–H groups in total. The summed E-state index contributed by atoms with van der Waals surface area (Å²) >= 11 is 5.05. The highest BCUT2D eigenvalue weighted by Gasteiger charge is 2.12. The summed E-state index contributed by atoms with van der Waals surface area (Å²) in [6.45, 7) is 0.640. The Balaban J connectivity index is 2.66. The largest absolute Gasteiger partial charge is 0.454 e. The Morgan fingerprint density at radius 3 is 2.83 bits per heavy atom. The molecule has 1 atom stereocenters. The molecule has 0 aliphatic heterocycles. The van der Waals surface area contributed by atoms with E-state index in [2.05, 4.69) is 22.2 Å². The van der Waals surface area contributed by atoms with E-state index in [1.807, 2.05) is 12.1 Å². The SMILES string of the molecule is CSCC(CN)c1ccc(Br)o1. The molecule has 0 fully saturated rings. The molecule has 1 rings (SSSR count). The van der Waals surface area contributed by atoms with Crippen LogP contribution in [0.1, 0.15) is 11.7 Å². The Kier molecular flexibility index (Phi) is 4.18. The van der Waals surface area contributed by atoms with E-state index in [0.29, 0.717) is 12.5 Å². The van der Waals surface area contributed by atoms with Gasteiger partial charge in [-0.2, -0.15) is 11.8 Å². The van der Waals surface area contributed by atoms with Crippen molar-refractivity contribution < 1.29 is 4.42 Å². The molecule has 0 saturated carbocycles. The molecule has 1 unspecified atom stereocenters. The number of rotatable bonds is 4. The molecular formula is C8H12BrNOS. The van der Waals surface area contributed by atoms with Gasteiger partial charge in [-0.15, -0.1) is 0 Å². The topological polar surface area (TPSA) is 39.2 Å². The summed E-state index contributed by atoms with van der Waals surface area (Å²) in [6, 6.07) is 3.87. The Bertz CT molecular complexity index is 239. The lowest BCUT2D eigenvalue weighted by molar-refractivity contribution is 0.461. The fourth-order valence-corrected chi connectivity index (χ4v) is 2.04. The quantitative estimate of drug-likeness (QED) is 0.892. The molecule has 1 heterocycles. The van der Waals surface area contributed by atoms with Crippen molar-refractivity contribution in [1.29, 1.82) is 0 Å². The van der Waals surface area contributed by atoms with Crippen molar-refractivity contribution in [2.75, 3.05) is 18.6 Å². The van der Waals surface area contributed by atoms with Crippen molar-refractivity contribution in [2.24, 2.45) is 5.73 Å². The highest BCUT2D eigenvalue weighted by Crippen LogP contribution is 2.23. The van der Waals surface area contributed by atoms with Crippen LogP contribution in [-0.2, 0) is 0 Å². The van der Waals surface area contributed by atoms with Crippen LogP contribution >= 0.6 is 27.7 Å². The minimum absolute atomic E-state index is 0.339. The number of halogens is 1. The van der Waals surface area contributed by atoms with Gasteiger partial charge in [-0.25, -0.2) is 0 Å².